The Hall–Kier alpha value is -0.870. The molecule has 1 heterocycles. The van der Waals surface area contributed by atoms with Crippen molar-refractivity contribution in [3.05, 3.63) is 46.2 Å². The lowest BCUT2D eigenvalue weighted by molar-refractivity contribution is 0.626. The van der Waals surface area contributed by atoms with E-state index < -0.39 is 0 Å². The first-order chi connectivity index (χ1) is 8.15. The first kappa shape index (κ1) is 12.6. The largest absolute Gasteiger partial charge is 0.245 e. The number of thiazole rings is 1. The predicted molar refractivity (Wildman–Crippen MR) is 72.2 cm³/mol. The van der Waals surface area contributed by atoms with E-state index in [2.05, 4.69) is 24.2 Å². The average Bonchev–Trinajstić information content (AvgIpc) is 2.77. The fourth-order valence-corrected chi connectivity index (χ4v) is 3.20. The minimum absolute atomic E-state index is 0.189. The molecule has 0 aliphatic heterocycles. The summed E-state index contributed by atoms with van der Waals surface area (Å²) in [7, 11) is 0. The lowest BCUT2D eigenvalue weighted by Gasteiger charge is -1.99. The molecule has 0 amide bonds. The zero-order valence-corrected chi connectivity index (χ0v) is 11.4. The van der Waals surface area contributed by atoms with Gasteiger partial charge in [-0.25, -0.2) is 9.37 Å². The zero-order chi connectivity index (χ0) is 12.3. The Bertz CT molecular complexity index is 476. The molecule has 0 unspecified atom stereocenters. The van der Waals surface area contributed by atoms with Gasteiger partial charge in [0.2, 0.25) is 0 Å². The Morgan fingerprint density at radius 3 is 2.59 bits per heavy atom. The third kappa shape index (κ3) is 3.54. The van der Waals surface area contributed by atoms with Crippen LogP contribution < -0.4 is 0 Å². The lowest BCUT2D eigenvalue weighted by Crippen LogP contribution is -1.87. The molecule has 1 aromatic heterocycles. The monoisotopic (exact) mass is 267 g/mol. The van der Waals surface area contributed by atoms with Gasteiger partial charge in [0, 0.05) is 10.3 Å². The summed E-state index contributed by atoms with van der Waals surface area (Å²) in [6.45, 7) is 4.29. The van der Waals surface area contributed by atoms with Gasteiger partial charge in [-0.2, -0.15) is 0 Å². The van der Waals surface area contributed by atoms with E-state index in [-0.39, 0.29) is 5.82 Å². The number of halogens is 1. The molecule has 4 heteroatoms. The molecule has 0 fully saturated rings. The molecule has 17 heavy (non-hydrogen) atoms. The number of rotatable bonds is 4. The molecular formula is C13H14FNS2. The summed E-state index contributed by atoms with van der Waals surface area (Å²) in [4.78, 5) is 5.64. The Morgan fingerprint density at radius 2 is 2.00 bits per heavy atom. The van der Waals surface area contributed by atoms with Crippen LogP contribution in [0.1, 0.15) is 30.5 Å². The van der Waals surface area contributed by atoms with Gasteiger partial charge < -0.3 is 0 Å². The Balaban J connectivity index is 1.95. The molecule has 0 atom stereocenters. The maximum absolute atomic E-state index is 12.7. The highest BCUT2D eigenvalue weighted by Gasteiger charge is 2.06. The lowest BCUT2D eigenvalue weighted by atomic mass is 10.2. The number of aromatic nitrogens is 1. The minimum Gasteiger partial charge on any atom is -0.245 e. The molecular weight excluding hydrogens is 253 g/mol. The van der Waals surface area contributed by atoms with Crippen molar-refractivity contribution in [2.75, 3.05) is 0 Å². The molecule has 0 aliphatic carbocycles. The molecule has 1 aromatic carbocycles. The van der Waals surface area contributed by atoms with Crippen LogP contribution in [0.3, 0.4) is 0 Å². The van der Waals surface area contributed by atoms with Crippen molar-refractivity contribution in [3.63, 3.8) is 0 Å². The van der Waals surface area contributed by atoms with E-state index in [1.54, 1.807) is 35.2 Å². The molecule has 2 aromatic rings. The van der Waals surface area contributed by atoms with Crippen molar-refractivity contribution in [3.8, 4) is 0 Å². The van der Waals surface area contributed by atoms with Crippen LogP contribution in [0.4, 0.5) is 4.39 Å². The first-order valence-corrected chi connectivity index (χ1v) is 7.34. The Morgan fingerprint density at radius 1 is 1.29 bits per heavy atom. The summed E-state index contributed by atoms with van der Waals surface area (Å²) in [6, 6.07) is 6.58. The van der Waals surface area contributed by atoms with E-state index in [0.717, 1.165) is 21.3 Å². The van der Waals surface area contributed by atoms with E-state index in [0.29, 0.717) is 5.92 Å². The molecule has 0 N–H and O–H groups in total. The third-order valence-electron chi connectivity index (χ3n) is 2.34. The minimum atomic E-state index is -0.189. The van der Waals surface area contributed by atoms with E-state index in [9.17, 15) is 4.39 Å². The van der Waals surface area contributed by atoms with E-state index in [4.69, 9.17) is 0 Å². The summed E-state index contributed by atoms with van der Waals surface area (Å²) in [5.74, 6) is 1.14. The number of hydrogen-bond donors (Lipinski definition) is 0. The van der Waals surface area contributed by atoms with Crippen LogP contribution in [0.5, 0.6) is 0 Å². The van der Waals surface area contributed by atoms with Gasteiger partial charge in [-0.15, -0.1) is 23.1 Å². The number of nitrogens with zero attached hydrogens (tertiary/aromatic N) is 1. The highest BCUT2D eigenvalue weighted by Crippen LogP contribution is 2.26. The van der Waals surface area contributed by atoms with Crippen LogP contribution in [0.2, 0.25) is 0 Å². The summed E-state index contributed by atoms with van der Waals surface area (Å²) in [6.07, 6.45) is 0. The van der Waals surface area contributed by atoms with Gasteiger partial charge in [0.1, 0.15) is 10.8 Å². The summed E-state index contributed by atoms with van der Waals surface area (Å²) >= 11 is 3.38. The van der Waals surface area contributed by atoms with E-state index in [1.165, 1.54) is 12.1 Å². The van der Waals surface area contributed by atoms with Crippen LogP contribution in [0.25, 0.3) is 0 Å². The maximum Gasteiger partial charge on any atom is 0.123 e. The van der Waals surface area contributed by atoms with Gasteiger partial charge in [0.15, 0.2) is 0 Å². The van der Waals surface area contributed by atoms with Crippen LogP contribution in [-0.2, 0) is 5.75 Å². The summed E-state index contributed by atoms with van der Waals surface area (Å²) in [5, 5.41) is 3.24. The highest BCUT2D eigenvalue weighted by molar-refractivity contribution is 7.98. The zero-order valence-electron chi connectivity index (χ0n) is 9.81. The van der Waals surface area contributed by atoms with Gasteiger partial charge in [-0.05, 0) is 30.2 Å². The van der Waals surface area contributed by atoms with Crippen LogP contribution in [0, 0.1) is 5.82 Å². The normalized spacial score (nSPS) is 11.1. The average molecular weight is 267 g/mol. The van der Waals surface area contributed by atoms with Crippen LogP contribution in [0.15, 0.2) is 34.5 Å². The van der Waals surface area contributed by atoms with E-state index in [1.807, 2.05) is 0 Å². The van der Waals surface area contributed by atoms with Gasteiger partial charge in [-0.1, -0.05) is 13.8 Å². The fourth-order valence-electron chi connectivity index (χ4n) is 1.33. The van der Waals surface area contributed by atoms with Crippen molar-refractivity contribution in [2.45, 2.75) is 30.4 Å². The number of hydrogen-bond acceptors (Lipinski definition) is 3. The second-order valence-corrected chi connectivity index (χ2v) is 6.05. The fraction of sp³-hybridized carbons (Fsp3) is 0.308. The molecule has 1 nitrogen and oxygen atoms in total. The summed E-state index contributed by atoms with van der Waals surface area (Å²) in [5.41, 5.74) is 1.16. The molecule has 0 saturated carbocycles. The number of thioether (sulfide) groups is 1. The quantitative estimate of drug-likeness (QED) is 0.745. The Labute approximate surface area is 109 Å². The standard InChI is InChI=1S/C13H14FNS2/c1-9(2)12-7-17-13(15-12)8-16-11-5-3-10(14)4-6-11/h3-7,9H,8H2,1-2H3. The van der Waals surface area contributed by atoms with E-state index >= 15 is 0 Å². The molecule has 2 rings (SSSR count). The van der Waals surface area contributed by atoms with Gasteiger partial charge in [0.25, 0.3) is 0 Å². The topological polar surface area (TPSA) is 12.9 Å². The SMILES string of the molecule is CC(C)c1csc(CSc2ccc(F)cc2)n1. The molecule has 0 radical (unpaired) electrons. The highest BCUT2D eigenvalue weighted by atomic mass is 32.2. The van der Waals surface area contributed by atoms with Crippen LogP contribution in [-0.4, -0.2) is 4.98 Å². The third-order valence-corrected chi connectivity index (χ3v) is 4.41. The van der Waals surface area contributed by atoms with Gasteiger partial charge >= 0.3 is 0 Å². The van der Waals surface area contributed by atoms with Crippen LogP contribution >= 0.6 is 23.1 Å². The number of benzene rings is 1. The van der Waals surface area contributed by atoms with Gasteiger partial charge in [0.05, 0.1) is 11.4 Å². The molecule has 0 bridgehead atoms. The van der Waals surface area contributed by atoms with Crippen molar-refractivity contribution in [1.29, 1.82) is 0 Å². The van der Waals surface area contributed by atoms with Crippen molar-refractivity contribution in [1.82, 2.24) is 4.98 Å². The smallest absolute Gasteiger partial charge is 0.123 e. The predicted octanol–water partition coefficient (Wildman–Crippen LogP) is 4.70. The first-order valence-electron chi connectivity index (χ1n) is 5.48. The second-order valence-electron chi connectivity index (χ2n) is 4.06. The molecule has 0 spiro atoms. The molecule has 0 saturated heterocycles. The van der Waals surface area contributed by atoms with Gasteiger partial charge in [-0.3, -0.25) is 0 Å². The summed E-state index contributed by atoms with van der Waals surface area (Å²) < 4.78 is 12.7. The molecule has 90 valence electrons. The van der Waals surface area contributed by atoms with Crippen molar-refractivity contribution >= 4 is 23.1 Å². The molecule has 0 aliphatic rings. The Kier molecular flexibility index (Phi) is 4.18. The second kappa shape index (κ2) is 5.65. The maximum atomic E-state index is 12.7. The van der Waals surface area contributed by atoms with Crippen molar-refractivity contribution < 1.29 is 4.39 Å². The van der Waals surface area contributed by atoms with Crippen molar-refractivity contribution in [2.24, 2.45) is 0 Å².